The SMILES string of the molecule is C1CCN(P2CCCC2(N2CCCC2)N2CCCC2)C1. The highest BCUT2D eigenvalue weighted by Crippen LogP contribution is 2.65. The van der Waals surface area contributed by atoms with Crippen LogP contribution in [0.25, 0.3) is 0 Å². The lowest BCUT2D eigenvalue weighted by Gasteiger charge is -2.52. The monoisotopic (exact) mass is 295 g/mol. The first-order valence-electron chi connectivity index (χ1n) is 8.94. The molecule has 0 amide bonds. The topological polar surface area (TPSA) is 9.72 Å². The molecule has 4 heterocycles. The van der Waals surface area contributed by atoms with E-state index in [1.807, 2.05) is 0 Å². The summed E-state index contributed by atoms with van der Waals surface area (Å²) in [7, 11) is 0.0692. The van der Waals surface area contributed by atoms with Gasteiger partial charge in [0.2, 0.25) is 0 Å². The summed E-state index contributed by atoms with van der Waals surface area (Å²) in [6.07, 6.45) is 13.1. The smallest absolute Gasteiger partial charge is 0.108 e. The van der Waals surface area contributed by atoms with Crippen molar-refractivity contribution in [3.8, 4) is 0 Å². The maximum absolute atomic E-state index is 2.94. The normalized spacial score (nSPS) is 36.3. The Morgan fingerprint density at radius 1 is 0.600 bits per heavy atom. The highest BCUT2D eigenvalue weighted by Gasteiger charge is 2.54. The highest BCUT2D eigenvalue weighted by atomic mass is 31.1. The zero-order valence-corrected chi connectivity index (χ0v) is 13.8. The van der Waals surface area contributed by atoms with Crippen LogP contribution in [0.2, 0.25) is 0 Å². The summed E-state index contributed by atoms with van der Waals surface area (Å²) in [6, 6.07) is 0. The molecule has 0 radical (unpaired) electrons. The standard InChI is InChI=1S/C16H30N3P/c1-2-10-17(9-1)16(18-11-3-4-12-18)8-7-15-20(16)19-13-5-6-14-19/h1-15H2. The van der Waals surface area contributed by atoms with Crippen molar-refractivity contribution < 1.29 is 0 Å². The van der Waals surface area contributed by atoms with Gasteiger partial charge in [0.15, 0.2) is 0 Å². The summed E-state index contributed by atoms with van der Waals surface area (Å²) in [4.78, 5) is 5.88. The van der Waals surface area contributed by atoms with Crippen molar-refractivity contribution in [1.29, 1.82) is 0 Å². The number of likely N-dealkylation sites (tertiary alicyclic amines) is 2. The van der Waals surface area contributed by atoms with E-state index in [0.29, 0.717) is 5.40 Å². The van der Waals surface area contributed by atoms with E-state index in [4.69, 9.17) is 0 Å². The quantitative estimate of drug-likeness (QED) is 0.741. The Labute approximate surface area is 125 Å². The van der Waals surface area contributed by atoms with Crippen LogP contribution in [-0.2, 0) is 0 Å². The third-order valence-electron chi connectivity index (χ3n) is 5.94. The molecular formula is C16H30N3P. The molecule has 1 atom stereocenters. The molecule has 0 aromatic carbocycles. The zero-order chi connectivity index (χ0) is 13.4. The maximum Gasteiger partial charge on any atom is 0.108 e. The summed E-state index contributed by atoms with van der Waals surface area (Å²) in [6.45, 7) is 8.31. The minimum absolute atomic E-state index is 0.0692. The van der Waals surface area contributed by atoms with Gasteiger partial charge in [-0.1, -0.05) is 0 Å². The van der Waals surface area contributed by atoms with Crippen LogP contribution >= 0.6 is 8.07 Å². The van der Waals surface area contributed by atoms with Gasteiger partial charge in [0.1, 0.15) is 5.40 Å². The first-order valence-corrected chi connectivity index (χ1v) is 10.4. The molecule has 0 aromatic rings. The van der Waals surface area contributed by atoms with Crippen LogP contribution in [0.4, 0.5) is 0 Å². The fourth-order valence-corrected chi connectivity index (χ4v) is 8.86. The van der Waals surface area contributed by atoms with Crippen LogP contribution in [0.5, 0.6) is 0 Å². The van der Waals surface area contributed by atoms with Gasteiger partial charge >= 0.3 is 0 Å². The predicted octanol–water partition coefficient (Wildman–Crippen LogP) is 3.12. The minimum atomic E-state index is 0.0692. The molecule has 4 aliphatic heterocycles. The van der Waals surface area contributed by atoms with E-state index in [9.17, 15) is 0 Å². The van der Waals surface area contributed by atoms with Gasteiger partial charge in [-0.05, 0) is 57.5 Å². The average molecular weight is 295 g/mol. The summed E-state index contributed by atoms with van der Waals surface area (Å²) < 4.78 is 2.93. The first kappa shape index (κ1) is 13.9. The summed E-state index contributed by atoms with van der Waals surface area (Å²) in [5.41, 5.74) is 0. The molecule has 0 saturated carbocycles. The lowest BCUT2D eigenvalue weighted by atomic mass is 10.2. The molecule has 1 unspecified atom stereocenters. The largest absolute Gasteiger partial charge is 0.281 e. The second-order valence-electron chi connectivity index (χ2n) is 7.05. The van der Waals surface area contributed by atoms with E-state index in [-0.39, 0.29) is 8.07 Å². The van der Waals surface area contributed by atoms with Crippen LogP contribution < -0.4 is 0 Å². The van der Waals surface area contributed by atoms with Crippen molar-refractivity contribution in [2.75, 3.05) is 45.4 Å². The van der Waals surface area contributed by atoms with Gasteiger partial charge in [0.25, 0.3) is 0 Å². The molecule has 4 fully saturated rings. The minimum Gasteiger partial charge on any atom is -0.281 e. The molecule has 4 saturated heterocycles. The molecule has 0 aromatic heterocycles. The van der Waals surface area contributed by atoms with Crippen molar-refractivity contribution >= 4 is 8.07 Å². The van der Waals surface area contributed by atoms with Crippen molar-refractivity contribution in [3.63, 3.8) is 0 Å². The molecule has 0 N–H and O–H groups in total. The van der Waals surface area contributed by atoms with Gasteiger partial charge in [0.05, 0.1) is 0 Å². The predicted molar refractivity (Wildman–Crippen MR) is 86.2 cm³/mol. The number of hydrogen-bond donors (Lipinski definition) is 0. The van der Waals surface area contributed by atoms with E-state index in [0.717, 1.165) is 0 Å². The fourth-order valence-electron chi connectivity index (χ4n) is 5.08. The average Bonchev–Trinajstić information content (AvgIpc) is 3.23. The van der Waals surface area contributed by atoms with Gasteiger partial charge in [-0.2, -0.15) is 0 Å². The lowest BCUT2D eigenvalue weighted by Crippen LogP contribution is -2.57. The first-order chi connectivity index (χ1) is 9.91. The van der Waals surface area contributed by atoms with Crippen LogP contribution in [0.1, 0.15) is 51.4 Å². The molecule has 4 rings (SSSR count). The number of hydrogen-bond acceptors (Lipinski definition) is 3. The summed E-state index contributed by atoms with van der Waals surface area (Å²) >= 11 is 0. The van der Waals surface area contributed by atoms with E-state index in [2.05, 4.69) is 14.5 Å². The second kappa shape index (κ2) is 5.83. The number of nitrogens with zero attached hydrogens (tertiary/aromatic N) is 3. The van der Waals surface area contributed by atoms with E-state index in [1.54, 1.807) is 0 Å². The molecule has 4 heteroatoms. The van der Waals surface area contributed by atoms with Crippen LogP contribution in [0.3, 0.4) is 0 Å². The summed E-state index contributed by atoms with van der Waals surface area (Å²) in [5, 5.41) is 0.493. The van der Waals surface area contributed by atoms with Crippen molar-refractivity contribution in [3.05, 3.63) is 0 Å². The molecule has 20 heavy (non-hydrogen) atoms. The molecule has 4 aliphatic rings. The van der Waals surface area contributed by atoms with Gasteiger partial charge in [-0.15, -0.1) is 0 Å². The third kappa shape index (κ3) is 2.17. The van der Waals surface area contributed by atoms with Gasteiger partial charge < -0.3 is 0 Å². The second-order valence-corrected chi connectivity index (χ2v) is 9.58. The van der Waals surface area contributed by atoms with Crippen molar-refractivity contribution in [1.82, 2.24) is 14.5 Å². The van der Waals surface area contributed by atoms with Gasteiger partial charge in [-0.3, -0.25) is 14.5 Å². The zero-order valence-electron chi connectivity index (χ0n) is 12.9. The Hall–Kier alpha value is 0.310. The lowest BCUT2D eigenvalue weighted by molar-refractivity contribution is 0.0366. The molecule has 0 bridgehead atoms. The van der Waals surface area contributed by atoms with Gasteiger partial charge in [-0.25, -0.2) is 0 Å². The van der Waals surface area contributed by atoms with E-state index >= 15 is 0 Å². The third-order valence-corrected chi connectivity index (χ3v) is 9.38. The Kier molecular flexibility index (Phi) is 4.07. The summed E-state index contributed by atoms with van der Waals surface area (Å²) in [5.74, 6) is 0. The Morgan fingerprint density at radius 3 is 1.65 bits per heavy atom. The molecule has 114 valence electrons. The molecule has 0 aliphatic carbocycles. The Bertz CT molecular complexity index is 315. The maximum atomic E-state index is 2.94. The van der Waals surface area contributed by atoms with Crippen LogP contribution in [0.15, 0.2) is 0 Å². The van der Waals surface area contributed by atoms with E-state index in [1.165, 1.54) is 96.8 Å². The van der Waals surface area contributed by atoms with Gasteiger partial charge in [0, 0.05) is 47.3 Å². The van der Waals surface area contributed by atoms with Crippen molar-refractivity contribution in [2.45, 2.75) is 56.8 Å². The molecular weight excluding hydrogens is 265 g/mol. The van der Waals surface area contributed by atoms with Crippen LogP contribution in [0, 0.1) is 0 Å². The van der Waals surface area contributed by atoms with Crippen molar-refractivity contribution in [2.24, 2.45) is 0 Å². The Balaban J connectivity index is 1.64. The fraction of sp³-hybridized carbons (Fsp3) is 1.00. The van der Waals surface area contributed by atoms with Crippen LogP contribution in [-0.4, -0.2) is 65.3 Å². The molecule has 3 nitrogen and oxygen atoms in total. The Morgan fingerprint density at radius 2 is 1.10 bits per heavy atom. The van der Waals surface area contributed by atoms with E-state index < -0.39 is 0 Å². The molecule has 0 spiro atoms. The number of rotatable bonds is 3. The highest BCUT2D eigenvalue weighted by molar-refractivity contribution is 7.57.